The molecule has 0 atom stereocenters. The van der Waals surface area contributed by atoms with Crippen molar-refractivity contribution in [3.8, 4) is 11.8 Å². The maximum atomic E-state index is 8.79. The van der Waals surface area contributed by atoms with Crippen LogP contribution in [0, 0.1) is 17.2 Å². The highest BCUT2D eigenvalue weighted by molar-refractivity contribution is 5.57. The second-order valence-corrected chi connectivity index (χ2v) is 4.86. The molecule has 2 rings (SSSR count). The van der Waals surface area contributed by atoms with Gasteiger partial charge in [-0.3, -0.25) is 0 Å². The van der Waals surface area contributed by atoms with Gasteiger partial charge < -0.3 is 10.5 Å². The molecule has 3 heteroatoms. The molecule has 1 aromatic rings. The maximum absolute atomic E-state index is 8.79. The summed E-state index contributed by atoms with van der Waals surface area (Å²) in [4.78, 5) is 0. The molecule has 0 bridgehead atoms. The first-order valence-electron chi connectivity index (χ1n) is 6.15. The van der Waals surface area contributed by atoms with Crippen LogP contribution in [0.15, 0.2) is 18.2 Å². The average Bonchev–Trinajstić information content (AvgIpc) is 2.32. The number of ether oxygens (including phenoxy) is 1. The molecular weight excluding hydrogens is 212 g/mol. The van der Waals surface area contributed by atoms with Crippen LogP contribution in [0.1, 0.15) is 38.2 Å². The molecule has 0 saturated heterocycles. The normalized spacial score (nSPS) is 24.0. The highest BCUT2D eigenvalue weighted by Gasteiger charge is 2.19. The van der Waals surface area contributed by atoms with Gasteiger partial charge in [-0.2, -0.15) is 5.26 Å². The van der Waals surface area contributed by atoms with Gasteiger partial charge in [0, 0.05) is 6.07 Å². The van der Waals surface area contributed by atoms with Crippen molar-refractivity contribution in [2.75, 3.05) is 5.73 Å². The van der Waals surface area contributed by atoms with Crippen LogP contribution in [0.2, 0.25) is 0 Å². The van der Waals surface area contributed by atoms with Crippen LogP contribution >= 0.6 is 0 Å². The predicted octanol–water partition coefficient (Wildman–Crippen LogP) is 3.10. The molecule has 0 spiro atoms. The second-order valence-electron chi connectivity index (χ2n) is 4.86. The lowest BCUT2D eigenvalue weighted by atomic mass is 9.89. The van der Waals surface area contributed by atoms with Crippen molar-refractivity contribution >= 4 is 5.69 Å². The molecule has 1 aliphatic rings. The third-order valence-corrected chi connectivity index (χ3v) is 3.41. The first kappa shape index (κ1) is 11.8. The number of benzene rings is 1. The zero-order valence-electron chi connectivity index (χ0n) is 10.1. The van der Waals surface area contributed by atoms with Crippen molar-refractivity contribution < 1.29 is 4.74 Å². The molecular formula is C14H18N2O. The van der Waals surface area contributed by atoms with E-state index >= 15 is 0 Å². The minimum Gasteiger partial charge on any atom is -0.490 e. The quantitative estimate of drug-likeness (QED) is 0.794. The minimum absolute atomic E-state index is 0.304. The standard InChI is InChI=1S/C14H18N2O/c1-10-2-5-12(6-3-10)17-13-7-4-11(9-15)14(16)8-13/h4,7-8,10,12H,2-3,5-6,16H2,1H3. The van der Waals surface area contributed by atoms with E-state index in [1.54, 1.807) is 12.1 Å². The van der Waals surface area contributed by atoms with E-state index < -0.39 is 0 Å². The monoisotopic (exact) mass is 230 g/mol. The van der Waals surface area contributed by atoms with E-state index in [0.717, 1.165) is 24.5 Å². The number of hydrogen-bond donors (Lipinski definition) is 1. The average molecular weight is 230 g/mol. The van der Waals surface area contributed by atoms with Gasteiger partial charge in [0.2, 0.25) is 0 Å². The molecule has 0 radical (unpaired) electrons. The number of nitriles is 1. The van der Waals surface area contributed by atoms with Crippen LogP contribution in [0.5, 0.6) is 5.75 Å². The Morgan fingerprint density at radius 2 is 2.00 bits per heavy atom. The number of nitrogens with zero attached hydrogens (tertiary/aromatic N) is 1. The first-order valence-corrected chi connectivity index (χ1v) is 6.15. The lowest BCUT2D eigenvalue weighted by Crippen LogP contribution is -2.23. The van der Waals surface area contributed by atoms with Gasteiger partial charge in [0.25, 0.3) is 0 Å². The molecule has 1 saturated carbocycles. The van der Waals surface area contributed by atoms with Crippen molar-refractivity contribution in [1.29, 1.82) is 5.26 Å². The van der Waals surface area contributed by atoms with Crippen LogP contribution < -0.4 is 10.5 Å². The van der Waals surface area contributed by atoms with Gasteiger partial charge in [-0.15, -0.1) is 0 Å². The summed E-state index contributed by atoms with van der Waals surface area (Å²) in [5, 5.41) is 8.79. The molecule has 1 aliphatic carbocycles. The fourth-order valence-corrected chi connectivity index (χ4v) is 2.26. The van der Waals surface area contributed by atoms with Crippen molar-refractivity contribution in [2.24, 2.45) is 5.92 Å². The van der Waals surface area contributed by atoms with Gasteiger partial charge in [-0.05, 0) is 43.7 Å². The SMILES string of the molecule is CC1CCC(Oc2ccc(C#N)c(N)c2)CC1. The van der Waals surface area contributed by atoms with Crippen LogP contribution in [0.3, 0.4) is 0 Å². The summed E-state index contributed by atoms with van der Waals surface area (Å²) in [7, 11) is 0. The second kappa shape index (κ2) is 5.09. The number of hydrogen-bond acceptors (Lipinski definition) is 3. The van der Waals surface area contributed by atoms with E-state index in [-0.39, 0.29) is 0 Å². The van der Waals surface area contributed by atoms with E-state index in [4.69, 9.17) is 15.7 Å². The van der Waals surface area contributed by atoms with E-state index in [1.165, 1.54) is 12.8 Å². The molecule has 17 heavy (non-hydrogen) atoms. The van der Waals surface area contributed by atoms with E-state index in [2.05, 4.69) is 13.0 Å². The highest BCUT2D eigenvalue weighted by atomic mass is 16.5. The Kier molecular flexibility index (Phi) is 3.53. The Morgan fingerprint density at radius 1 is 1.29 bits per heavy atom. The number of rotatable bonds is 2. The lowest BCUT2D eigenvalue weighted by molar-refractivity contribution is 0.135. The van der Waals surface area contributed by atoms with E-state index in [1.807, 2.05) is 6.07 Å². The summed E-state index contributed by atoms with van der Waals surface area (Å²) in [5.74, 6) is 1.60. The third-order valence-electron chi connectivity index (χ3n) is 3.41. The Balaban J connectivity index is 2.00. The first-order chi connectivity index (χ1) is 8.19. The third kappa shape index (κ3) is 2.91. The summed E-state index contributed by atoms with van der Waals surface area (Å²) in [5.41, 5.74) is 6.76. The molecule has 3 nitrogen and oxygen atoms in total. The van der Waals surface area contributed by atoms with Gasteiger partial charge in [0.15, 0.2) is 0 Å². The molecule has 1 fully saturated rings. The molecule has 0 aliphatic heterocycles. The molecule has 0 amide bonds. The summed E-state index contributed by atoms with van der Waals surface area (Å²) >= 11 is 0. The van der Waals surface area contributed by atoms with Gasteiger partial charge >= 0.3 is 0 Å². The molecule has 90 valence electrons. The van der Waals surface area contributed by atoms with Crippen molar-refractivity contribution in [1.82, 2.24) is 0 Å². The van der Waals surface area contributed by atoms with Crippen molar-refractivity contribution in [2.45, 2.75) is 38.7 Å². The Hall–Kier alpha value is -1.69. The number of anilines is 1. The molecule has 1 aromatic carbocycles. The van der Waals surface area contributed by atoms with Crippen LogP contribution in [0.4, 0.5) is 5.69 Å². The minimum atomic E-state index is 0.304. The highest BCUT2D eigenvalue weighted by Crippen LogP contribution is 2.28. The van der Waals surface area contributed by atoms with Gasteiger partial charge in [0.1, 0.15) is 11.8 Å². The summed E-state index contributed by atoms with van der Waals surface area (Å²) in [6.45, 7) is 2.29. The number of nitrogen functional groups attached to an aromatic ring is 1. The van der Waals surface area contributed by atoms with Crippen LogP contribution in [-0.4, -0.2) is 6.10 Å². The predicted molar refractivity (Wildman–Crippen MR) is 67.6 cm³/mol. The van der Waals surface area contributed by atoms with E-state index in [0.29, 0.717) is 17.4 Å². The van der Waals surface area contributed by atoms with Crippen LogP contribution in [-0.2, 0) is 0 Å². The Bertz CT molecular complexity index is 428. The van der Waals surface area contributed by atoms with Crippen molar-refractivity contribution in [3.05, 3.63) is 23.8 Å². The summed E-state index contributed by atoms with van der Waals surface area (Å²) < 4.78 is 5.89. The smallest absolute Gasteiger partial charge is 0.121 e. The zero-order chi connectivity index (χ0) is 12.3. The molecule has 0 heterocycles. The Morgan fingerprint density at radius 3 is 2.59 bits per heavy atom. The lowest BCUT2D eigenvalue weighted by Gasteiger charge is -2.27. The van der Waals surface area contributed by atoms with Crippen LogP contribution in [0.25, 0.3) is 0 Å². The van der Waals surface area contributed by atoms with Gasteiger partial charge in [-0.1, -0.05) is 6.92 Å². The summed E-state index contributed by atoms with van der Waals surface area (Å²) in [6, 6.07) is 7.34. The maximum Gasteiger partial charge on any atom is 0.121 e. The molecule has 0 aromatic heterocycles. The van der Waals surface area contributed by atoms with E-state index in [9.17, 15) is 0 Å². The largest absolute Gasteiger partial charge is 0.490 e. The van der Waals surface area contributed by atoms with Crippen molar-refractivity contribution in [3.63, 3.8) is 0 Å². The topological polar surface area (TPSA) is 59.0 Å². The Labute approximate surface area is 102 Å². The molecule has 2 N–H and O–H groups in total. The number of nitrogens with two attached hydrogens (primary N) is 1. The van der Waals surface area contributed by atoms with Gasteiger partial charge in [0.05, 0.1) is 17.4 Å². The van der Waals surface area contributed by atoms with Gasteiger partial charge in [-0.25, -0.2) is 0 Å². The zero-order valence-corrected chi connectivity index (χ0v) is 10.1. The molecule has 0 unspecified atom stereocenters. The summed E-state index contributed by atoms with van der Waals surface area (Å²) in [6.07, 6.45) is 4.99. The fraction of sp³-hybridized carbons (Fsp3) is 0.500. The fourth-order valence-electron chi connectivity index (χ4n) is 2.26.